The van der Waals surface area contributed by atoms with E-state index in [2.05, 4.69) is 17.1 Å². The number of thioether (sulfide) groups is 1. The fraction of sp³-hybridized carbons (Fsp3) is 0.409. The van der Waals surface area contributed by atoms with Crippen molar-refractivity contribution >= 4 is 17.7 Å². The molecule has 4 rings (SSSR count). The second-order valence-electron chi connectivity index (χ2n) is 7.56. The summed E-state index contributed by atoms with van der Waals surface area (Å²) in [4.78, 5) is 14.6. The van der Waals surface area contributed by atoms with E-state index in [1.807, 2.05) is 45.9 Å². The molecule has 7 nitrogen and oxygen atoms in total. The molecule has 0 saturated carbocycles. The third-order valence-electron chi connectivity index (χ3n) is 5.40. The molecule has 1 saturated heterocycles. The monoisotopic (exact) mass is 426 g/mol. The van der Waals surface area contributed by atoms with Gasteiger partial charge in [0.1, 0.15) is 11.5 Å². The van der Waals surface area contributed by atoms with Crippen LogP contribution in [0, 0.1) is 5.92 Å². The van der Waals surface area contributed by atoms with Crippen molar-refractivity contribution in [3.8, 4) is 17.1 Å². The Morgan fingerprint density at radius 3 is 2.80 bits per heavy atom. The number of carbonyl (C=O) groups is 1. The lowest BCUT2D eigenvalue weighted by molar-refractivity contribution is -0.129. The number of amides is 1. The molecule has 3 heterocycles. The summed E-state index contributed by atoms with van der Waals surface area (Å²) in [6, 6.07) is 11.5. The van der Waals surface area contributed by atoms with Crippen LogP contribution in [-0.4, -0.2) is 51.5 Å². The number of methoxy groups -OCH3 is 1. The summed E-state index contributed by atoms with van der Waals surface area (Å²) in [6.45, 7) is 4.42. The van der Waals surface area contributed by atoms with Crippen LogP contribution in [0.25, 0.3) is 11.4 Å². The third-order valence-corrected chi connectivity index (χ3v) is 6.35. The number of aromatic nitrogens is 3. The molecule has 0 N–H and O–H groups in total. The molecule has 3 aromatic rings. The normalized spacial score (nSPS) is 14.8. The molecule has 0 spiro atoms. The smallest absolute Gasteiger partial charge is 0.233 e. The largest absolute Gasteiger partial charge is 0.497 e. The average molecular weight is 427 g/mol. The van der Waals surface area contributed by atoms with Gasteiger partial charge in [-0.15, -0.1) is 10.2 Å². The third kappa shape index (κ3) is 4.70. The number of hydrogen-bond acceptors (Lipinski definition) is 6. The zero-order valence-electron chi connectivity index (χ0n) is 17.3. The predicted octanol–water partition coefficient (Wildman–Crippen LogP) is 3.95. The van der Waals surface area contributed by atoms with Crippen LogP contribution in [-0.2, 0) is 11.3 Å². The van der Waals surface area contributed by atoms with Crippen LogP contribution in [0.2, 0.25) is 0 Å². The van der Waals surface area contributed by atoms with Crippen molar-refractivity contribution in [2.45, 2.75) is 31.5 Å². The van der Waals surface area contributed by atoms with Crippen molar-refractivity contribution in [1.29, 1.82) is 0 Å². The molecule has 0 aliphatic carbocycles. The summed E-state index contributed by atoms with van der Waals surface area (Å²) < 4.78 is 12.9. The predicted molar refractivity (Wildman–Crippen MR) is 116 cm³/mol. The number of carbonyl (C=O) groups excluding carboxylic acids is 1. The number of benzene rings is 1. The average Bonchev–Trinajstić information content (AvgIpc) is 3.43. The van der Waals surface area contributed by atoms with E-state index in [1.165, 1.54) is 11.8 Å². The van der Waals surface area contributed by atoms with E-state index in [0.717, 1.165) is 43.0 Å². The van der Waals surface area contributed by atoms with Gasteiger partial charge in [0.2, 0.25) is 5.91 Å². The van der Waals surface area contributed by atoms with Gasteiger partial charge in [0, 0.05) is 18.7 Å². The first kappa shape index (κ1) is 20.5. The first-order chi connectivity index (χ1) is 14.6. The molecule has 1 aliphatic heterocycles. The molecule has 8 heteroatoms. The van der Waals surface area contributed by atoms with Crippen LogP contribution in [0.4, 0.5) is 0 Å². The van der Waals surface area contributed by atoms with Crippen molar-refractivity contribution in [2.24, 2.45) is 5.92 Å². The van der Waals surface area contributed by atoms with Crippen LogP contribution in [0.3, 0.4) is 0 Å². The fourth-order valence-corrected chi connectivity index (χ4v) is 4.39. The minimum atomic E-state index is 0.155. The van der Waals surface area contributed by atoms with Gasteiger partial charge in [-0.1, -0.05) is 30.8 Å². The lowest BCUT2D eigenvalue weighted by Crippen LogP contribution is -2.38. The molecule has 1 aliphatic rings. The zero-order valence-corrected chi connectivity index (χ0v) is 18.1. The standard InChI is InChI=1S/C22H26N4O3S/c1-16-8-10-25(11-9-16)20(27)15-30-22-24-23-21(17-5-3-6-18(13-17)28-2)26(22)14-19-7-4-12-29-19/h3-7,12-13,16H,8-11,14-15H2,1-2H3. The minimum absolute atomic E-state index is 0.155. The summed E-state index contributed by atoms with van der Waals surface area (Å²) in [5.41, 5.74) is 0.900. The Hall–Kier alpha value is -2.74. The van der Waals surface area contributed by atoms with Gasteiger partial charge in [-0.3, -0.25) is 9.36 Å². The quantitative estimate of drug-likeness (QED) is 0.533. The van der Waals surface area contributed by atoms with Gasteiger partial charge in [0.05, 0.1) is 25.7 Å². The van der Waals surface area contributed by atoms with Gasteiger partial charge in [0.15, 0.2) is 11.0 Å². The molecule has 0 radical (unpaired) electrons. The van der Waals surface area contributed by atoms with Gasteiger partial charge in [-0.25, -0.2) is 0 Å². The van der Waals surface area contributed by atoms with E-state index in [1.54, 1.807) is 13.4 Å². The number of nitrogens with zero attached hydrogens (tertiary/aromatic N) is 4. The SMILES string of the molecule is COc1cccc(-c2nnc(SCC(=O)N3CCC(C)CC3)n2Cc2ccco2)c1. The van der Waals surface area contributed by atoms with Gasteiger partial charge >= 0.3 is 0 Å². The summed E-state index contributed by atoms with van der Waals surface area (Å²) in [5.74, 6) is 3.47. The Kier molecular flexibility index (Phi) is 6.42. The van der Waals surface area contributed by atoms with E-state index in [-0.39, 0.29) is 5.91 Å². The van der Waals surface area contributed by atoms with E-state index in [0.29, 0.717) is 29.2 Å². The summed E-state index contributed by atoms with van der Waals surface area (Å²) in [5, 5.41) is 9.49. The zero-order chi connectivity index (χ0) is 20.9. The van der Waals surface area contributed by atoms with Crippen molar-refractivity contribution in [1.82, 2.24) is 19.7 Å². The molecular formula is C22H26N4O3S. The number of piperidine rings is 1. The second-order valence-corrected chi connectivity index (χ2v) is 8.50. The molecule has 2 aromatic heterocycles. The van der Waals surface area contributed by atoms with E-state index >= 15 is 0 Å². The summed E-state index contributed by atoms with van der Waals surface area (Å²) in [7, 11) is 1.64. The topological polar surface area (TPSA) is 73.4 Å². The highest BCUT2D eigenvalue weighted by atomic mass is 32.2. The van der Waals surface area contributed by atoms with Crippen molar-refractivity contribution in [3.05, 3.63) is 48.4 Å². The van der Waals surface area contributed by atoms with Gasteiger partial charge in [-0.05, 0) is 43.0 Å². The first-order valence-corrected chi connectivity index (χ1v) is 11.1. The molecule has 1 aromatic carbocycles. The molecule has 1 fully saturated rings. The maximum absolute atomic E-state index is 12.7. The maximum Gasteiger partial charge on any atom is 0.233 e. The van der Waals surface area contributed by atoms with Crippen LogP contribution >= 0.6 is 11.8 Å². The van der Waals surface area contributed by atoms with E-state index in [4.69, 9.17) is 9.15 Å². The Morgan fingerprint density at radius 1 is 1.23 bits per heavy atom. The fourth-order valence-electron chi connectivity index (χ4n) is 3.55. The summed E-state index contributed by atoms with van der Waals surface area (Å²) >= 11 is 1.42. The molecule has 0 bridgehead atoms. The lowest BCUT2D eigenvalue weighted by atomic mass is 9.99. The Balaban J connectivity index is 1.54. The molecule has 0 unspecified atom stereocenters. The Morgan fingerprint density at radius 2 is 2.07 bits per heavy atom. The molecule has 0 atom stereocenters. The van der Waals surface area contributed by atoms with Gasteiger partial charge in [0.25, 0.3) is 0 Å². The number of likely N-dealkylation sites (tertiary alicyclic amines) is 1. The number of rotatable bonds is 7. The van der Waals surface area contributed by atoms with Crippen molar-refractivity contribution in [3.63, 3.8) is 0 Å². The second kappa shape index (κ2) is 9.38. The minimum Gasteiger partial charge on any atom is -0.497 e. The highest BCUT2D eigenvalue weighted by molar-refractivity contribution is 7.99. The summed E-state index contributed by atoms with van der Waals surface area (Å²) in [6.07, 6.45) is 3.80. The number of ether oxygens (including phenoxy) is 1. The highest BCUT2D eigenvalue weighted by Crippen LogP contribution is 2.28. The number of hydrogen-bond donors (Lipinski definition) is 0. The molecule has 30 heavy (non-hydrogen) atoms. The van der Waals surface area contributed by atoms with Crippen LogP contribution in [0.1, 0.15) is 25.5 Å². The lowest BCUT2D eigenvalue weighted by Gasteiger charge is -2.30. The maximum atomic E-state index is 12.7. The van der Waals surface area contributed by atoms with Crippen LogP contribution < -0.4 is 4.74 Å². The molecular weight excluding hydrogens is 400 g/mol. The van der Waals surface area contributed by atoms with E-state index < -0.39 is 0 Å². The van der Waals surface area contributed by atoms with Crippen LogP contribution in [0.5, 0.6) is 5.75 Å². The van der Waals surface area contributed by atoms with Gasteiger partial charge < -0.3 is 14.1 Å². The van der Waals surface area contributed by atoms with E-state index in [9.17, 15) is 4.79 Å². The molecule has 1 amide bonds. The highest BCUT2D eigenvalue weighted by Gasteiger charge is 2.22. The first-order valence-electron chi connectivity index (χ1n) is 10.1. The van der Waals surface area contributed by atoms with Crippen molar-refractivity contribution < 1.29 is 13.9 Å². The molecule has 158 valence electrons. The Labute approximate surface area is 180 Å². The van der Waals surface area contributed by atoms with Crippen molar-refractivity contribution in [2.75, 3.05) is 26.0 Å². The Bertz CT molecular complexity index is 978. The van der Waals surface area contributed by atoms with Gasteiger partial charge in [-0.2, -0.15) is 0 Å². The van der Waals surface area contributed by atoms with Crippen LogP contribution in [0.15, 0.2) is 52.2 Å². The number of furan rings is 1.